The van der Waals surface area contributed by atoms with E-state index >= 15 is 0 Å². The molecule has 1 atom stereocenters. The van der Waals surface area contributed by atoms with Gasteiger partial charge in [-0.3, -0.25) is 0 Å². The van der Waals surface area contributed by atoms with Gasteiger partial charge in [-0.2, -0.15) is 9.98 Å². The molecule has 0 fully saturated rings. The molecule has 11 heavy (non-hydrogen) atoms. The van der Waals surface area contributed by atoms with Gasteiger partial charge in [0.15, 0.2) is 0 Å². The molecule has 0 aromatic carbocycles. The van der Waals surface area contributed by atoms with Crippen LogP contribution in [-0.4, -0.2) is 31.9 Å². The van der Waals surface area contributed by atoms with E-state index in [1.807, 2.05) is 0 Å². The van der Waals surface area contributed by atoms with E-state index in [0.717, 1.165) is 0 Å². The molecule has 6 heteroatoms. The average Bonchev–Trinajstić information content (AvgIpc) is 2.03. The molecule has 5 nitrogen and oxygen atoms in total. The van der Waals surface area contributed by atoms with Gasteiger partial charge < -0.3 is 14.8 Å². The third-order valence-corrected chi connectivity index (χ3v) is 1.26. The molecule has 0 spiro atoms. The first-order chi connectivity index (χ1) is 5.26. The SMILES string of the molecule is COC1=NC(OC)NC(Cl)=N1. The third kappa shape index (κ3) is 2.06. The Morgan fingerprint density at radius 2 is 2.27 bits per heavy atom. The predicted molar refractivity (Wildman–Crippen MR) is 41.7 cm³/mol. The van der Waals surface area contributed by atoms with E-state index in [1.165, 1.54) is 14.2 Å². The number of rotatable bonds is 1. The monoisotopic (exact) mass is 177 g/mol. The molecule has 1 aliphatic rings. The van der Waals surface area contributed by atoms with Crippen molar-refractivity contribution in [2.45, 2.75) is 6.35 Å². The molecular weight excluding hydrogens is 170 g/mol. The van der Waals surface area contributed by atoms with Gasteiger partial charge >= 0.3 is 6.02 Å². The van der Waals surface area contributed by atoms with Gasteiger partial charge in [0.25, 0.3) is 0 Å². The Hall–Kier alpha value is -0.810. The van der Waals surface area contributed by atoms with Gasteiger partial charge in [0.05, 0.1) is 7.11 Å². The van der Waals surface area contributed by atoms with Gasteiger partial charge in [0.2, 0.25) is 11.6 Å². The van der Waals surface area contributed by atoms with Gasteiger partial charge in [-0.1, -0.05) is 0 Å². The summed E-state index contributed by atoms with van der Waals surface area (Å²) in [4.78, 5) is 7.58. The third-order valence-electron chi connectivity index (χ3n) is 1.07. The van der Waals surface area contributed by atoms with Gasteiger partial charge in [0.1, 0.15) is 0 Å². The van der Waals surface area contributed by atoms with Crippen molar-refractivity contribution in [3.8, 4) is 0 Å². The molecule has 0 radical (unpaired) electrons. The Kier molecular flexibility index (Phi) is 2.67. The van der Waals surface area contributed by atoms with E-state index in [0.29, 0.717) is 0 Å². The lowest BCUT2D eigenvalue weighted by atomic mass is 10.8. The second-order valence-electron chi connectivity index (χ2n) is 1.75. The summed E-state index contributed by atoms with van der Waals surface area (Å²) in [5, 5.41) is 2.87. The van der Waals surface area contributed by atoms with Crippen molar-refractivity contribution in [2.75, 3.05) is 14.2 Å². The van der Waals surface area contributed by atoms with Crippen LogP contribution in [0.1, 0.15) is 0 Å². The number of methoxy groups -OCH3 is 2. The Labute approximate surface area is 69.1 Å². The van der Waals surface area contributed by atoms with Crippen molar-refractivity contribution in [3.05, 3.63) is 0 Å². The van der Waals surface area contributed by atoms with Gasteiger partial charge in [-0.15, -0.1) is 0 Å². The zero-order chi connectivity index (χ0) is 8.27. The minimum absolute atomic E-state index is 0.209. The highest BCUT2D eigenvalue weighted by molar-refractivity contribution is 6.65. The fraction of sp³-hybridized carbons (Fsp3) is 0.600. The molecule has 0 bridgehead atoms. The highest BCUT2D eigenvalue weighted by atomic mass is 35.5. The van der Waals surface area contributed by atoms with Gasteiger partial charge in [-0.05, 0) is 11.6 Å². The van der Waals surface area contributed by atoms with Crippen LogP contribution in [0.25, 0.3) is 0 Å². The molecule has 1 aliphatic heterocycles. The second kappa shape index (κ2) is 3.54. The maximum atomic E-state index is 5.56. The minimum atomic E-state index is -0.505. The molecule has 0 saturated heterocycles. The van der Waals surface area contributed by atoms with Crippen molar-refractivity contribution in [3.63, 3.8) is 0 Å². The van der Waals surface area contributed by atoms with Crippen molar-refractivity contribution < 1.29 is 9.47 Å². The van der Waals surface area contributed by atoms with E-state index in [1.54, 1.807) is 0 Å². The van der Waals surface area contributed by atoms with Crippen LogP contribution in [0.2, 0.25) is 0 Å². The van der Waals surface area contributed by atoms with Crippen LogP contribution in [0.5, 0.6) is 0 Å². The van der Waals surface area contributed by atoms with Crippen LogP contribution in [0, 0.1) is 0 Å². The molecule has 1 rings (SSSR count). The van der Waals surface area contributed by atoms with Gasteiger partial charge in [0, 0.05) is 7.11 Å². The lowest BCUT2D eigenvalue weighted by Gasteiger charge is -2.16. The molecule has 0 aliphatic carbocycles. The van der Waals surface area contributed by atoms with E-state index in [4.69, 9.17) is 21.1 Å². The number of nitrogens with zero attached hydrogens (tertiary/aromatic N) is 2. The standard InChI is InChI=1S/C5H8ClN3O2/c1-10-4-7-3(6)8-5(9-4)11-2/h4H,1-2H3,(H,7,8,9). The summed E-state index contributed by atoms with van der Waals surface area (Å²) in [5.41, 5.74) is 0. The molecule has 1 N–H and O–H groups in total. The van der Waals surface area contributed by atoms with Crippen LogP contribution < -0.4 is 5.32 Å². The molecule has 62 valence electrons. The van der Waals surface area contributed by atoms with Gasteiger partial charge in [-0.25, -0.2) is 0 Å². The van der Waals surface area contributed by atoms with Crippen molar-refractivity contribution in [1.29, 1.82) is 0 Å². The van der Waals surface area contributed by atoms with Crippen LogP contribution in [-0.2, 0) is 9.47 Å². The first-order valence-corrected chi connectivity index (χ1v) is 3.29. The Balaban J connectivity index is 2.69. The quantitative estimate of drug-likeness (QED) is 0.579. The van der Waals surface area contributed by atoms with E-state index < -0.39 is 6.35 Å². The zero-order valence-corrected chi connectivity index (χ0v) is 6.92. The lowest BCUT2D eigenvalue weighted by molar-refractivity contribution is 0.0949. The number of nitrogens with one attached hydrogen (secondary N) is 1. The molecule has 0 amide bonds. The van der Waals surface area contributed by atoms with Crippen molar-refractivity contribution >= 4 is 22.9 Å². The highest BCUT2D eigenvalue weighted by Gasteiger charge is 2.14. The van der Waals surface area contributed by atoms with E-state index in [2.05, 4.69) is 15.3 Å². The predicted octanol–water partition coefficient (Wildman–Crippen LogP) is 0.117. The number of hydrogen-bond acceptors (Lipinski definition) is 5. The smallest absolute Gasteiger partial charge is 0.318 e. The minimum Gasteiger partial charge on any atom is -0.467 e. The summed E-state index contributed by atoms with van der Waals surface area (Å²) in [6, 6.07) is 0.209. The van der Waals surface area contributed by atoms with Crippen LogP contribution >= 0.6 is 11.6 Å². The molecule has 0 aromatic rings. The number of hydrogen-bond donors (Lipinski definition) is 1. The number of halogens is 1. The van der Waals surface area contributed by atoms with Crippen LogP contribution in [0.3, 0.4) is 0 Å². The Bertz CT molecular complexity index is 204. The average molecular weight is 178 g/mol. The second-order valence-corrected chi connectivity index (χ2v) is 2.11. The fourth-order valence-electron chi connectivity index (χ4n) is 0.590. The van der Waals surface area contributed by atoms with Crippen molar-refractivity contribution in [2.24, 2.45) is 9.98 Å². The summed E-state index contributed by atoms with van der Waals surface area (Å²) >= 11 is 5.56. The maximum absolute atomic E-state index is 5.56. The van der Waals surface area contributed by atoms with E-state index in [9.17, 15) is 0 Å². The van der Waals surface area contributed by atoms with Crippen molar-refractivity contribution in [1.82, 2.24) is 5.32 Å². The Morgan fingerprint density at radius 3 is 2.82 bits per heavy atom. The number of ether oxygens (including phenoxy) is 2. The molecule has 0 aromatic heterocycles. The van der Waals surface area contributed by atoms with Crippen LogP contribution in [0.15, 0.2) is 9.98 Å². The summed E-state index contributed by atoms with van der Waals surface area (Å²) in [5.74, 6) is 0. The molecule has 1 heterocycles. The molecule has 0 saturated carbocycles. The summed E-state index contributed by atoms with van der Waals surface area (Å²) < 4.78 is 9.60. The number of aliphatic imine (C=N–C) groups is 2. The molecule has 1 unspecified atom stereocenters. The zero-order valence-electron chi connectivity index (χ0n) is 6.17. The highest BCUT2D eigenvalue weighted by Crippen LogP contribution is 2.00. The first-order valence-electron chi connectivity index (χ1n) is 2.91. The molecular formula is C5H8ClN3O2. The number of amidine groups is 2. The van der Waals surface area contributed by atoms with Crippen LogP contribution in [0.4, 0.5) is 0 Å². The first kappa shape index (κ1) is 8.29. The summed E-state index contributed by atoms with van der Waals surface area (Å²) in [6.07, 6.45) is -0.505. The summed E-state index contributed by atoms with van der Waals surface area (Å²) in [6.45, 7) is 0. The lowest BCUT2D eigenvalue weighted by Crippen LogP contribution is -2.36. The van der Waals surface area contributed by atoms with E-state index in [-0.39, 0.29) is 11.3 Å². The maximum Gasteiger partial charge on any atom is 0.318 e. The largest absolute Gasteiger partial charge is 0.467 e. The fourth-order valence-corrected chi connectivity index (χ4v) is 0.755. The topological polar surface area (TPSA) is 55.2 Å². The normalized spacial score (nSPS) is 23.4. The Morgan fingerprint density at radius 1 is 1.55 bits per heavy atom. The summed E-state index contributed by atoms with van der Waals surface area (Å²) in [7, 11) is 2.97.